The number of halogens is 9. The number of carbonyl (C=O) groups excluding carboxylic acids is 1. The average Bonchev–Trinajstić information content (AvgIpc) is 2.54. The van der Waals surface area contributed by atoms with Gasteiger partial charge in [0, 0.05) is 18.0 Å². The Hall–Kier alpha value is -2.93. The van der Waals surface area contributed by atoms with E-state index in [-0.39, 0.29) is 10.4 Å². The molecule has 0 unspecified atom stereocenters. The van der Waals surface area contributed by atoms with Crippen molar-refractivity contribution in [2.45, 2.75) is 25.5 Å². The van der Waals surface area contributed by atoms with Gasteiger partial charge >= 0.3 is 18.5 Å². The van der Waals surface area contributed by atoms with Crippen molar-refractivity contribution in [1.82, 2.24) is 10.4 Å². The molecule has 0 aliphatic heterocycles. The molecule has 1 heterocycles. The first kappa shape index (κ1) is 23.3. The summed E-state index contributed by atoms with van der Waals surface area (Å²) in [6.07, 6.45) is -15.1. The molecule has 0 spiro atoms. The van der Waals surface area contributed by atoms with Crippen molar-refractivity contribution >= 4 is 28.3 Å². The number of carbonyl (C=O) groups is 1. The predicted octanol–water partition coefficient (Wildman–Crippen LogP) is 4.65. The van der Waals surface area contributed by atoms with Crippen LogP contribution in [0.2, 0.25) is 0 Å². The van der Waals surface area contributed by atoms with Gasteiger partial charge in [0.2, 0.25) is 5.91 Å². The number of benzene rings is 1. The number of amides is 1. The molecule has 2 rings (SSSR count). The summed E-state index contributed by atoms with van der Waals surface area (Å²) in [4.78, 5) is 14.6. The predicted molar refractivity (Wildman–Crippen MR) is 88.5 cm³/mol. The molecule has 1 amide bonds. The highest BCUT2D eigenvalue weighted by Gasteiger charge is 2.38. The number of hydrogen-bond donors (Lipinski definition) is 2. The van der Waals surface area contributed by atoms with Crippen molar-refractivity contribution in [3.05, 3.63) is 29.8 Å². The Morgan fingerprint density at radius 3 is 2.00 bits per heavy atom. The van der Waals surface area contributed by atoms with E-state index in [0.717, 1.165) is 19.1 Å². The minimum absolute atomic E-state index is 0.122. The van der Waals surface area contributed by atoms with Crippen LogP contribution < -0.4 is 15.8 Å². The Bertz CT molecular complexity index is 906. The number of anilines is 2. The first-order valence-electron chi connectivity index (χ1n) is 7.98. The second kappa shape index (κ2) is 8.07. The molecule has 166 valence electrons. The Kier molecular flexibility index (Phi) is 6.28. The maximum absolute atomic E-state index is 13.5. The highest BCUT2D eigenvalue weighted by molar-refractivity contribution is 5.88. The van der Waals surface area contributed by atoms with E-state index < -0.39 is 60.0 Å². The fourth-order valence-electron chi connectivity index (χ4n) is 2.53. The summed E-state index contributed by atoms with van der Waals surface area (Å²) in [6.45, 7) is -2.97. The third kappa shape index (κ3) is 6.56. The van der Waals surface area contributed by atoms with Crippen LogP contribution in [0.3, 0.4) is 0 Å². The number of pyridine rings is 1. The molecule has 0 aliphatic carbocycles. The van der Waals surface area contributed by atoms with Gasteiger partial charge in [0.1, 0.15) is 18.9 Å². The van der Waals surface area contributed by atoms with E-state index in [2.05, 4.69) is 10.4 Å². The summed E-state index contributed by atoms with van der Waals surface area (Å²) in [6, 6.07) is 2.69. The van der Waals surface area contributed by atoms with Crippen LogP contribution in [0.25, 0.3) is 10.9 Å². The van der Waals surface area contributed by atoms with Crippen LogP contribution in [-0.2, 0) is 11.0 Å². The van der Waals surface area contributed by atoms with E-state index in [4.69, 9.17) is 0 Å². The highest BCUT2D eigenvalue weighted by Crippen LogP contribution is 2.38. The molecule has 0 saturated heterocycles. The SMILES string of the molecule is CC(=O)NNc1cc(C(F)(F)F)c2cc(N(CC(F)(F)F)CC(F)(F)F)ccc2n1. The van der Waals surface area contributed by atoms with E-state index in [1.54, 1.807) is 0 Å². The number of alkyl halides is 9. The van der Waals surface area contributed by atoms with Gasteiger partial charge in [-0.05, 0) is 24.3 Å². The lowest BCUT2D eigenvalue weighted by Crippen LogP contribution is -2.40. The van der Waals surface area contributed by atoms with Gasteiger partial charge in [-0.25, -0.2) is 4.98 Å². The summed E-state index contributed by atoms with van der Waals surface area (Å²) >= 11 is 0. The van der Waals surface area contributed by atoms with Crippen LogP contribution in [-0.4, -0.2) is 36.3 Å². The van der Waals surface area contributed by atoms with E-state index in [1.165, 1.54) is 0 Å². The monoisotopic (exact) mass is 448 g/mol. The van der Waals surface area contributed by atoms with Gasteiger partial charge in [-0.2, -0.15) is 39.5 Å². The number of rotatable bonds is 5. The molecule has 0 atom stereocenters. The van der Waals surface area contributed by atoms with Crippen LogP contribution in [0.5, 0.6) is 0 Å². The van der Waals surface area contributed by atoms with Crippen molar-refractivity contribution < 1.29 is 44.3 Å². The topological polar surface area (TPSA) is 57.3 Å². The zero-order valence-electron chi connectivity index (χ0n) is 14.9. The Balaban J connectivity index is 2.59. The summed E-state index contributed by atoms with van der Waals surface area (Å²) in [5.41, 5.74) is 1.70. The lowest BCUT2D eigenvalue weighted by Gasteiger charge is -2.27. The number of aromatic nitrogens is 1. The smallest absolute Gasteiger partial charge is 0.353 e. The zero-order chi connectivity index (χ0) is 22.9. The molecular formula is C16H13F9N4O. The summed E-state index contributed by atoms with van der Waals surface area (Å²) in [5.74, 6) is -1.07. The molecule has 1 aromatic heterocycles. The van der Waals surface area contributed by atoms with Gasteiger partial charge in [-0.1, -0.05) is 0 Å². The molecule has 0 fully saturated rings. The minimum atomic E-state index is -5.03. The summed E-state index contributed by atoms with van der Waals surface area (Å²) < 4.78 is 117. The Morgan fingerprint density at radius 1 is 0.967 bits per heavy atom. The van der Waals surface area contributed by atoms with Gasteiger partial charge in [0.05, 0.1) is 11.1 Å². The largest absolute Gasteiger partial charge is 0.417 e. The zero-order valence-corrected chi connectivity index (χ0v) is 14.9. The van der Waals surface area contributed by atoms with Crippen molar-refractivity contribution in [2.24, 2.45) is 0 Å². The van der Waals surface area contributed by atoms with Gasteiger partial charge < -0.3 is 4.90 Å². The molecule has 30 heavy (non-hydrogen) atoms. The lowest BCUT2D eigenvalue weighted by atomic mass is 10.1. The third-order valence-corrected chi connectivity index (χ3v) is 3.57. The molecule has 2 aromatic rings. The van der Waals surface area contributed by atoms with Gasteiger partial charge in [0.15, 0.2) is 0 Å². The van der Waals surface area contributed by atoms with Crippen LogP contribution in [0.15, 0.2) is 24.3 Å². The molecule has 5 nitrogen and oxygen atoms in total. The fourth-order valence-corrected chi connectivity index (χ4v) is 2.53. The average molecular weight is 448 g/mol. The van der Waals surface area contributed by atoms with Gasteiger partial charge in [-0.15, -0.1) is 0 Å². The van der Waals surface area contributed by atoms with Crippen LogP contribution in [0, 0.1) is 0 Å². The van der Waals surface area contributed by atoms with Crippen molar-refractivity contribution in [1.29, 1.82) is 0 Å². The second-order valence-corrected chi connectivity index (χ2v) is 6.15. The first-order valence-corrected chi connectivity index (χ1v) is 7.98. The molecule has 2 N–H and O–H groups in total. The molecule has 1 aromatic carbocycles. The number of hydrogen-bond acceptors (Lipinski definition) is 4. The molecule has 14 heteroatoms. The van der Waals surface area contributed by atoms with Crippen molar-refractivity contribution in [2.75, 3.05) is 23.4 Å². The molecule has 0 aliphatic rings. The van der Waals surface area contributed by atoms with Gasteiger partial charge in [-0.3, -0.25) is 15.6 Å². The molecular weight excluding hydrogens is 435 g/mol. The van der Waals surface area contributed by atoms with Gasteiger partial charge in [0.25, 0.3) is 0 Å². The Labute approximate surface area is 162 Å². The molecule has 0 radical (unpaired) electrons. The normalized spacial score (nSPS) is 12.7. The highest BCUT2D eigenvalue weighted by atomic mass is 19.4. The third-order valence-electron chi connectivity index (χ3n) is 3.57. The maximum Gasteiger partial charge on any atom is 0.417 e. The van der Waals surface area contributed by atoms with E-state index in [1.807, 2.05) is 5.43 Å². The minimum Gasteiger partial charge on any atom is -0.353 e. The Morgan fingerprint density at radius 2 is 1.53 bits per heavy atom. The molecule has 0 saturated carbocycles. The van der Waals surface area contributed by atoms with Crippen molar-refractivity contribution in [3.8, 4) is 0 Å². The number of fused-ring (bicyclic) bond motifs is 1. The fraction of sp³-hybridized carbons (Fsp3) is 0.375. The van der Waals surface area contributed by atoms with Crippen LogP contribution >= 0.6 is 0 Å². The van der Waals surface area contributed by atoms with E-state index in [0.29, 0.717) is 12.1 Å². The lowest BCUT2D eigenvalue weighted by molar-refractivity contribution is -0.138. The number of nitrogens with zero attached hydrogens (tertiary/aromatic N) is 2. The second-order valence-electron chi connectivity index (χ2n) is 6.15. The molecule has 0 bridgehead atoms. The van der Waals surface area contributed by atoms with Crippen molar-refractivity contribution in [3.63, 3.8) is 0 Å². The maximum atomic E-state index is 13.5. The van der Waals surface area contributed by atoms with E-state index >= 15 is 0 Å². The summed E-state index contributed by atoms with van der Waals surface area (Å²) in [5, 5.41) is -0.706. The van der Waals surface area contributed by atoms with Crippen LogP contribution in [0.4, 0.5) is 51.0 Å². The first-order chi connectivity index (χ1) is 13.5. The van der Waals surface area contributed by atoms with Crippen LogP contribution in [0.1, 0.15) is 12.5 Å². The van der Waals surface area contributed by atoms with E-state index in [9.17, 15) is 44.3 Å². The standard InChI is InChI=1S/C16H13F9N4O/c1-8(30)27-28-13-5-11(16(23,24)25)10-4-9(2-3-12(10)26-13)29(6-14(17,18)19)7-15(20,21)22/h2-5H,6-7H2,1H3,(H,26,28)(H,27,30). The number of nitrogens with one attached hydrogen (secondary N) is 2. The quantitative estimate of drug-likeness (QED) is 0.517. The number of hydrazine groups is 1. The summed E-state index contributed by atoms with van der Waals surface area (Å²) in [7, 11) is 0.